The van der Waals surface area contributed by atoms with Gasteiger partial charge >= 0.3 is 11.9 Å². The molecule has 0 radical (unpaired) electrons. The number of nitrogens with zero attached hydrogens (tertiary/aromatic N) is 1. The Kier molecular flexibility index (Phi) is 7.48. The average molecular weight is 496 g/mol. The fraction of sp³-hybridized carbons (Fsp3) is 0.476. The van der Waals surface area contributed by atoms with Gasteiger partial charge in [-0.25, -0.2) is 4.79 Å². The zero-order chi connectivity index (χ0) is 24.3. The summed E-state index contributed by atoms with van der Waals surface area (Å²) in [5.74, 6) is -2.09. The van der Waals surface area contributed by atoms with Crippen LogP contribution in [0, 0.1) is 0 Å². The van der Waals surface area contributed by atoms with Crippen LogP contribution in [0.15, 0.2) is 28.8 Å². The van der Waals surface area contributed by atoms with Gasteiger partial charge in [-0.1, -0.05) is 6.07 Å². The number of esters is 2. The number of carbonyl (C=O) groups is 5. The number of carbonyl (C=O) groups excluding carboxylic acids is 5. The van der Waals surface area contributed by atoms with Crippen LogP contribution in [0.5, 0.6) is 0 Å². The van der Waals surface area contributed by atoms with E-state index in [0.717, 1.165) is 4.88 Å². The molecule has 0 bridgehead atoms. The molecule has 2 aliphatic heterocycles. The maximum atomic E-state index is 13.1. The zero-order valence-corrected chi connectivity index (χ0v) is 20.2. The molecular formula is C21H25N3O7S2. The summed E-state index contributed by atoms with van der Waals surface area (Å²) in [5, 5.41) is 6.43. The maximum absolute atomic E-state index is 13.1. The summed E-state index contributed by atoms with van der Waals surface area (Å²) >= 11 is 2.73. The van der Waals surface area contributed by atoms with Crippen molar-refractivity contribution in [2.24, 2.45) is 0 Å². The molecule has 3 heterocycles. The predicted octanol–water partition coefficient (Wildman–Crippen LogP) is 0.921. The van der Waals surface area contributed by atoms with Crippen molar-refractivity contribution in [3.8, 4) is 0 Å². The van der Waals surface area contributed by atoms with E-state index >= 15 is 0 Å². The van der Waals surface area contributed by atoms with E-state index in [1.807, 2.05) is 17.5 Å². The Bertz CT molecular complexity index is 984. The number of ether oxygens (including phenoxy) is 2. The Labute approximate surface area is 199 Å². The van der Waals surface area contributed by atoms with E-state index in [4.69, 9.17) is 9.47 Å². The molecular weight excluding hydrogens is 470 g/mol. The smallest absolute Gasteiger partial charge is 0.355 e. The molecule has 33 heavy (non-hydrogen) atoms. The number of amides is 3. The fourth-order valence-corrected chi connectivity index (χ4v) is 5.47. The van der Waals surface area contributed by atoms with Crippen molar-refractivity contribution in [1.29, 1.82) is 0 Å². The highest BCUT2D eigenvalue weighted by Gasteiger charge is 2.55. The zero-order valence-electron chi connectivity index (χ0n) is 18.6. The summed E-state index contributed by atoms with van der Waals surface area (Å²) in [6.45, 7) is 6.21. The molecule has 1 unspecified atom stereocenters. The third-order valence-electron chi connectivity index (χ3n) is 4.64. The van der Waals surface area contributed by atoms with Gasteiger partial charge < -0.3 is 20.1 Å². The van der Waals surface area contributed by atoms with Crippen LogP contribution in [0.3, 0.4) is 0 Å². The molecule has 0 saturated carbocycles. The van der Waals surface area contributed by atoms with Gasteiger partial charge in [-0.2, -0.15) is 0 Å². The number of fused-ring (bicyclic) bond motifs is 1. The second kappa shape index (κ2) is 9.96. The van der Waals surface area contributed by atoms with Gasteiger partial charge in [0.15, 0.2) is 0 Å². The summed E-state index contributed by atoms with van der Waals surface area (Å²) in [6.07, 6.45) is -0.747. The van der Waals surface area contributed by atoms with Gasteiger partial charge in [0.1, 0.15) is 22.7 Å². The SMILES string of the molecule is CC(=O)OC(NC=O)C1=C(C(=O)OC(C)(C)C)N2C(=O)[C@@H](NC(=O)Cc3cccs3)[C@H]2SC1. The number of nitrogens with one attached hydrogen (secondary N) is 2. The second-order valence-electron chi connectivity index (χ2n) is 8.36. The Morgan fingerprint density at radius 3 is 2.64 bits per heavy atom. The van der Waals surface area contributed by atoms with Crippen molar-refractivity contribution >= 4 is 53.3 Å². The molecule has 3 atom stereocenters. The summed E-state index contributed by atoms with van der Waals surface area (Å²) in [4.78, 5) is 63.3. The van der Waals surface area contributed by atoms with E-state index in [0.29, 0.717) is 6.41 Å². The second-order valence-corrected chi connectivity index (χ2v) is 10.5. The van der Waals surface area contributed by atoms with E-state index < -0.39 is 41.1 Å². The molecule has 0 spiro atoms. The average Bonchev–Trinajstić information content (AvgIpc) is 3.21. The van der Waals surface area contributed by atoms with Crippen LogP contribution >= 0.6 is 23.1 Å². The number of thioether (sulfide) groups is 1. The van der Waals surface area contributed by atoms with Crippen molar-refractivity contribution in [2.75, 3.05) is 5.75 Å². The Hall–Kier alpha value is -2.86. The van der Waals surface area contributed by atoms with Crippen LogP contribution < -0.4 is 10.6 Å². The van der Waals surface area contributed by atoms with Crippen molar-refractivity contribution in [2.45, 2.75) is 57.4 Å². The number of rotatable bonds is 8. The quantitative estimate of drug-likeness (QED) is 0.236. The first-order valence-electron chi connectivity index (χ1n) is 10.1. The third-order valence-corrected chi connectivity index (χ3v) is 6.82. The first-order chi connectivity index (χ1) is 15.5. The molecule has 1 saturated heterocycles. The van der Waals surface area contributed by atoms with Gasteiger partial charge in [-0.05, 0) is 32.2 Å². The van der Waals surface area contributed by atoms with Crippen molar-refractivity contribution in [1.82, 2.24) is 15.5 Å². The molecule has 2 N–H and O–H groups in total. The van der Waals surface area contributed by atoms with Gasteiger partial charge in [0.05, 0.1) is 6.42 Å². The number of thiophene rings is 1. The van der Waals surface area contributed by atoms with E-state index in [1.165, 1.54) is 34.9 Å². The molecule has 2 aliphatic rings. The largest absolute Gasteiger partial charge is 0.455 e. The number of hydrogen-bond acceptors (Lipinski definition) is 9. The summed E-state index contributed by atoms with van der Waals surface area (Å²) < 4.78 is 10.7. The first kappa shape index (κ1) is 24.8. The van der Waals surface area contributed by atoms with Gasteiger partial charge in [-0.15, -0.1) is 23.1 Å². The van der Waals surface area contributed by atoms with E-state index in [9.17, 15) is 24.0 Å². The van der Waals surface area contributed by atoms with Gasteiger partial charge in [0.25, 0.3) is 5.91 Å². The van der Waals surface area contributed by atoms with E-state index in [1.54, 1.807) is 20.8 Å². The van der Waals surface area contributed by atoms with Crippen molar-refractivity contribution in [3.05, 3.63) is 33.7 Å². The highest BCUT2D eigenvalue weighted by molar-refractivity contribution is 8.00. The monoisotopic (exact) mass is 495 g/mol. The molecule has 3 amide bonds. The highest BCUT2D eigenvalue weighted by Crippen LogP contribution is 2.42. The molecule has 3 rings (SSSR count). The lowest BCUT2D eigenvalue weighted by Gasteiger charge is -2.50. The van der Waals surface area contributed by atoms with Crippen LogP contribution in [0.25, 0.3) is 0 Å². The van der Waals surface area contributed by atoms with Crippen LogP contribution in [0.1, 0.15) is 32.6 Å². The summed E-state index contributed by atoms with van der Waals surface area (Å²) in [6, 6.07) is 2.86. The lowest BCUT2D eigenvalue weighted by molar-refractivity contribution is -0.159. The number of hydrogen-bond donors (Lipinski definition) is 2. The predicted molar refractivity (Wildman–Crippen MR) is 121 cm³/mol. The molecule has 12 heteroatoms. The molecule has 1 fully saturated rings. The van der Waals surface area contributed by atoms with Crippen LogP contribution in [0.2, 0.25) is 0 Å². The molecule has 1 aromatic heterocycles. The molecule has 0 aromatic carbocycles. The molecule has 0 aliphatic carbocycles. The van der Waals surface area contributed by atoms with Crippen molar-refractivity contribution in [3.63, 3.8) is 0 Å². The van der Waals surface area contributed by atoms with Crippen molar-refractivity contribution < 1.29 is 33.4 Å². The number of β-lactam (4-membered cyclic amide) rings is 1. The third kappa shape index (κ3) is 5.74. The van der Waals surface area contributed by atoms with E-state index in [-0.39, 0.29) is 29.4 Å². The molecule has 1 aromatic rings. The Morgan fingerprint density at radius 1 is 1.33 bits per heavy atom. The maximum Gasteiger partial charge on any atom is 0.355 e. The minimum absolute atomic E-state index is 0.0944. The lowest BCUT2D eigenvalue weighted by Crippen LogP contribution is -2.71. The minimum Gasteiger partial charge on any atom is -0.455 e. The topological polar surface area (TPSA) is 131 Å². The van der Waals surface area contributed by atoms with E-state index in [2.05, 4.69) is 10.6 Å². The van der Waals surface area contributed by atoms with Crippen LogP contribution in [0.4, 0.5) is 0 Å². The Balaban J connectivity index is 1.87. The normalized spacial score (nSPS) is 20.8. The van der Waals surface area contributed by atoms with Gasteiger partial charge in [0.2, 0.25) is 18.5 Å². The lowest BCUT2D eigenvalue weighted by atomic mass is 10.0. The van der Waals surface area contributed by atoms with Gasteiger partial charge in [0, 0.05) is 23.1 Å². The standard InChI is InChI=1S/C21H25N3O7S2/c1-11(26)30-17(22-10-25)13-9-33-19-15(23-14(27)8-12-6-5-7-32-12)18(28)24(19)16(13)20(29)31-21(2,3)4/h5-7,10,15,17,19H,8-9H2,1-4H3,(H,22,25)(H,23,27)/t15-,17?,19-/m1/s1. The molecule has 10 nitrogen and oxygen atoms in total. The summed E-state index contributed by atoms with van der Waals surface area (Å²) in [7, 11) is 0. The summed E-state index contributed by atoms with van der Waals surface area (Å²) in [5.41, 5.74) is -0.723. The van der Waals surface area contributed by atoms with Crippen LogP contribution in [-0.4, -0.2) is 64.1 Å². The van der Waals surface area contributed by atoms with Gasteiger partial charge in [-0.3, -0.25) is 24.1 Å². The molecule has 178 valence electrons. The first-order valence-corrected chi connectivity index (χ1v) is 12.0. The highest BCUT2D eigenvalue weighted by atomic mass is 32.2. The minimum atomic E-state index is -1.24. The fourth-order valence-electron chi connectivity index (χ4n) is 3.39. The van der Waals surface area contributed by atoms with Crippen LogP contribution in [-0.2, 0) is 39.9 Å². The Morgan fingerprint density at radius 2 is 2.06 bits per heavy atom.